The normalized spacial score (nSPS) is 19.3. The van der Waals surface area contributed by atoms with Gasteiger partial charge in [-0.05, 0) is 12.8 Å². The van der Waals surface area contributed by atoms with Crippen molar-refractivity contribution in [1.82, 2.24) is 5.32 Å². The van der Waals surface area contributed by atoms with Crippen LogP contribution in [0.2, 0.25) is 0 Å². The zero-order chi connectivity index (χ0) is 9.19. The van der Waals surface area contributed by atoms with Gasteiger partial charge in [0.1, 0.15) is 0 Å². The summed E-state index contributed by atoms with van der Waals surface area (Å²) >= 11 is 0. The van der Waals surface area contributed by atoms with Crippen LogP contribution in [0.25, 0.3) is 0 Å². The molecule has 0 heterocycles. The van der Waals surface area contributed by atoms with E-state index < -0.39 is 0 Å². The molecule has 0 radical (unpaired) electrons. The lowest BCUT2D eigenvalue weighted by Gasteiger charge is -2.18. The third-order valence-corrected chi connectivity index (χ3v) is 2.16. The minimum atomic E-state index is -0.111. The van der Waals surface area contributed by atoms with Gasteiger partial charge in [-0.3, -0.25) is 4.79 Å². The molecule has 0 saturated heterocycles. The van der Waals surface area contributed by atoms with Crippen LogP contribution in [-0.4, -0.2) is 24.7 Å². The fraction of sp³-hybridized carbons (Fsp3) is 0.889. The number of rotatable bonds is 4. The van der Waals surface area contributed by atoms with Gasteiger partial charge in [-0.15, -0.1) is 0 Å². The van der Waals surface area contributed by atoms with Gasteiger partial charge in [0.2, 0.25) is 0 Å². The number of esters is 1. The highest BCUT2D eigenvalue weighted by Crippen LogP contribution is 2.39. The first-order valence-corrected chi connectivity index (χ1v) is 4.42. The van der Waals surface area contributed by atoms with Crippen molar-refractivity contribution in [2.75, 3.05) is 7.11 Å². The Balaban J connectivity index is 2.34. The van der Waals surface area contributed by atoms with E-state index in [0.717, 1.165) is 12.8 Å². The molecule has 0 aliphatic heterocycles. The number of carbonyl (C=O) groups excluding carboxylic acids is 1. The molecule has 1 fully saturated rings. The van der Waals surface area contributed by atoms with Crippen LogP contribution in [0.15, 0.2) is 0 Å². The standard InChI is InChI=1S/C9H17NO2/c1-7(2)10-9(4-5-9)6-8(11)12-3/h7,10H,4-6H2,1-3H3. The van der Waals surface area contributed by atoms with Crippen molar-refractivity contribution in [2.45, 2.75) is 44.7 Å². The predicted octanol–water partition coefficient (Wildman–Crippen LogP) is 1.08. The molecule has 0 amide bonds. The largest absolute Gasteiger partial charge is 0.469 e. The Bertz CT molecular complexity index is 173. The molecular weight excluding hydrogens is 154 g/mol. The molecule has 3 heteroatoms. The van der Waals surface area contributed by atoms with Crippen LogP contribution >= 0.6 is 0 Å². The van der Waals surface area contributed by atoms with E-state index in [1.165, 1.54) is 7.11 Å². The molecule has 1 aliphatic rings. The van der Waals surface area contributed by atoms with E-state index in [1.807, 2.05) is 0 Å². The zero-order valence-corrected chi connectivity index (χ0v) is 8.02. The van der Waals surface area contributed by atoms with Gasteiger partial charge in [0.25, 0.3) is 0 Å². The van der Waals surface area contributed by atoms with E-state index in [-0.39, 0.29) is 11.5 Å². The van der Waals surface area contributed by atoms with Gasteiger partial charge < -0.3 is 10.1 Å². The minimum Gasteiger partial charge on any atom is -0.469 e. The van der Waals surface area contributed by atoms with Crippen molar-refractivity contribution in [3.63, 3.8) is 0 Å². The summed E-state index contributed by atoms with van der Waals surface area (Å²) in [5.74, 6) is -0.111. The van der Waals surface area contributed by atoms with E-state index in [9.17, 15) is 4.79 Å². The summed E-state index contributed by atoms with van der Waals surface area (Å²) < 4.78 is 4.63. The zero-order valence-electron chi connectivity index (χ0n) is 8.02. The highest BCUT2D eigenvalue weighted by atomic mass is 16.5. The van der Waals surface area contributed by atoms with Gasteiger partial charge >= 0.3 is 5.97 Å². The summed E-state index contributed by atoms with van der Waals surface area (Å²) in [7, 11) is 1.44. The first-order valence-electron chi connectivity index (χ1n) is 4.42. The second-order valence-corrected chi connectivity index (χ2v) is 3.83. The average molecular weight is 171 g/mol. The number of hydrogen-bond acceptors (Lipinski definition) is 3. The Morgan fingerprint density at radius 2 is 2.17 bits per heavy atom. The third kappa shape index (κ3) is 2.48. The first kappa shape index (κ1) is 9.52. The SMILES string of the molecule is COC(=O)CC1(NC(C)C)CC1. The smallest absolute Gasteiger partial charge is 0.307 e. The Morgan fingerprint density at radius 1 is 1.58 bits per heavy atom. The van der Waals surface area contributed by atoms with Crippen molar-refractivity contribution in [2.24, 2.45) is 0 Å². The maximum Gasteiger partial charge on any atom is 0.307 e. The van der Waals surface area contributed by atoms with Crippen LogP contribution in [0.1, 0.15) is 33.1 Å². The maximum atomic E-state index is 11.0. The quantitative estimate of drug-likeness (QED) is 0.643. The molecule has 0 atom stereocenters. The number of carbonyl (C=O) groups is 1. The van der Waals surface area contributed by atoms with Crippen LogP contribution in [0, 0.1) is 0 Å². The van der Waals surface area contributed by atoms with Gasteiger partial charge in [0.05, 0.1) is 13.5 Å². The summed E-state index contributed by atoms with van der Waals surface area (Å²) in [5, 5.41) is 3.39. The number of hydrogen-bond donors (Lipinski definition) is 1. The molecule has 0 spiro atoms. The molecule has 1 saturated carbocycles. The number of ether oxygens (including phenoxy) is 1. The molecule has 70 valence electrons. The summed E-state index contributed by atoms with van der Waals surface area (Å²) in [6.07, 6.45) is 2.71. The van der Waals surface area contributed by atoms with Crippen LogP contribution in [0.4, 0.5) is 0 Å². The van der Waals surface area contributed by atoms with Crippen LogP contribution in [-0.2, 0) is 9.53 Å². The van der Waals surface area contributed by atoms with E-state index in [4.69, 9.17) is 0 Å². The summed E-state index contributed by atoms with van der Waals surface area (Å²) in [6.45, 7) is 4.19. The highest BCUT2D eigenvalue weighted by molar-refractivity contribution is 5.71. The van der Waals surface area contributed by atoms with Crippen LogP contribution < -0.4 is 5.32 Å². The molecule has 1 N–H and O–H groups in total. The van der Waals surface area contributed by atoms with Crippen LogP contribution in [0.5, 0.6) is 0 Å². The fourth-order valence-corrected chi connectivity index (χ4v) is 1.48. The molecule has 1 aliphatic carbocycles. The topological polar surface area (TPSA) is 38.3 Å². The summed E-state index contributed by atoms with van der Waals surface area (Å²) in [5.41, 5.74) is 0.0707. The van der Waals surface area contributed by atoms with Gasteiger partial charge in [-0.2, -0.15) is 0 Å². The molecule has 0 aromatic carbocycles. The predicted molar refractivity (Wildman–Crippen MR) is 46.9 cm³/mol. The third-order valence-electron chi connectivity index (χ3n) is 2.16. The first-order chi connectivity index (χ1) is 5.58. The number of nitrogens with one attached hydrogen (secondary N) is 1. The van der Waals surface area contributed by atoms with Gasteiger partial charge in [-0.1, -0.05) is 13.8 Å². The molecule has 12 heavy (non-hydrogen) atoms. The fourth-order valence-electron chi connectivity index (χ4n) is 1.48. The van der Waals surface area contributed by atoms with Crippen molar-refractivity contribution < 1.29 is 9.53 Å². The average Bonchev–Trinajstić information content (AvgIpc) is 2.67. The lowest BCUT2D eigenvalue weighted by atomic mass is 10.1. The van der Waals surface area contributed by atoms with Gasteiger partial charge in [0, 0.05) is 11.6 Å². The second-order valence-electron chi connectivity index (χ2n) is 3.83. The summed E-state index contributed by atoms with van der Waals surface area (Å²) in [6, 6.07) is 0.442. The number of methoxy groups -OCH3 is 1. The Labute approximate surface area is 73.5 Å². The summed E-state index contributed by atoms with van der Waals surface area (Å²) in [4.78, 5) is 11.0. The molecule has 0 aromatic rings. The van der Waals surface area contributed by atoms with E-state index >= 15 is 0 Å². The Hall–Kier alpha value is -0.570. The van der Waals surface area contributed by atoms with E-state index in [1.54, 1.807) is 0 Å². The van der Waals surface area contributed by atoms with Crippen LogP contribution in [0.3, 0.4) is 0 Å². The molecule has 1 rings (SSSR count). The van der Waals surface area contributed by atoms with Gasteiger partial charge in [-0.25, -0.2) is 0 Å². The van der Waals surface area contributed by atoms with Crippen molar-refractivity contribution in [3.05, 3.63) is 0 Å². The highest BCUT2D eigenvalue weighted by Gasteiger charge is 2.44. The molecule has 0 bridgehead atoms. The van der Waals surface area contributed by atoms with Gasteiger partial charge in [0.15, 0.2) is 0 Å². The Morgan fingerprint density at radius 3 is 2.50 bits per heavy atom. The molecule has 0 aromatic heterocycles. The van der Waals surface area contributed by atoms with Crippen molar-refractivity contribution in [3.8, 4) is 0 Å². The van der Waals surface area contributed by atoms with Crippen molar-refractivity contribution >= 4 is 5.97 Å². The minimum absolute atomic E-state index is 0.0707. The van der Waals surface area contributed by atoms with E-state index in [2.05, 4.69) is 23.9 Å². The second kappa shape index (κ2) is 3.44. The van der Waals surface area contributed by atoms with Crippen molar-refractivity contribution in [1.29, 1.82) is 0 Å². The lowest BCUT2D eigenvalue weighted by Crippen LogP contribution is -2.38. The lowest BCUT2D eigenvalue weighted by molar-refractivity contribution is -0.141. The molecule has 0 unspecified atom stereocenters. The maximum absolute atomic E-state index is 11.0. The molecular formula is C9H17NO2. The Kier molecular flexibility index (Phi) is 2.73. The monoisotopic (exact) mass is 171 g/mol. The van der Waals surface area contributed by atoms with E-state index in [0.29, 0.717) is 12.5 Å². The molecule has 3 nitrogen and oxygen atoms in total.